The Labute approximate surface area is 104 Å². The molecular weight excluding hydrogens is 241 g/mol. The summed E-state index contributed by atoms with van der Waals surface area (Å²) in [6.07, 6.45) is 4.11. The number of rotatable bonds is 4. The first-order valence-electron chi connectivity index (χ1n) is 5.31. The summed E-state index contributed by atoms with van der Waals surface area (Å²) in [7, 11) is 1.85. The fourth-order valence-corrected chi connectivity index (χ4v) is 1.82. The zero-order chi connectivity index (χ0) is 12.3. The molecule has 2 rings (SSSR count). The van der Waals surface area contributed by atoms with E-state index in [9.17, 15) is 4.39 Å². The lowest BCUT2D eigenvalue weighted by molar-refractivity contribution is 0.559. The van der Waals surface area contributed by atoms with E-state index < -0.39 is 5.82 Å². The number of likely N-dealkylation sites (N-methyl/N-ethyl adjacent to an activating group) is 1. The van der Waals surface area contributed by atoms with Crippen molar-refractivity contribution in [3.8, 4) is 0 Å². The first-order valence-corrected chi connectivity index (χ1v) is 5.69. The maximum absolute atomic E-state index is 13.3. The van der Waals surface area contributed by atoms with Gasteiger partial charge in [0.15, 0.2) is 0 Å². The highest BCUT2D eigenvalue weighted by molar-refractivity contribution is 6.30. The first-order chi connectivity index (χ1) is 8.20. The Morgan fingerprint density at radius 1 is 1.53 bits per heavy atom. The molecule has 5 heteroatoms. The standard InChI is InChI=1S/C12H13ClFN3/c1-15-11(12-16-4-5-17-12)7-8-2-3-9(13)10(14)6-8/h2-6,11,15H,7H2,1H3,(H,16,17). The van der Waals surface area contributed by atoms with Crippen LogP contribution in [0.5, 0.6) is 0 Å². The zero-order valence-electron chi connectivity index (χ0n) is 9.37. The van der Waals surface area contributed by atoms with Gasteiger partial charge in [-0.15, -0.1) is 0 Å². The van der Waals surface area contributed by atoms with Gasteiger partial charge in [0.05, 0.1) is 11.1 Å². The molecule has 3 nitrogen and oxygen atoms in total. The van der Waals surface area contributed by atoms with Crippen molar-refractivity contribution >= 4 is 11.6 Å². The molecule has 0 aliphatic carbocycles. The number of H-pyrrole nitrogens is 1. The molecule has 1 unspecified atom stereocenters. The van der Waals surface area contributed by atoms with Crippen LogP contribution in [-0.4, -0.2) is 17.0 Å². The highest BCUT2D eigenvalue weighted by atomic mass is 35.5. The average Bonchev–Trinajstić information content (AvgIpc) is 2.84. The van der Waals surface area contributed by atoms with E-state index in [1.54, 1.807) is 18.5 Å². The van der Waals surface area contributed by atoms with Crippen LogP contribution in [0.25, 0.3) is 0 Å². The molecule has 2 N–H and O–H groups in total. The minimum absolute atomic E-state index is 0.0329. The van der Waals surface area contributed by atoms with Gasteiger partial charge in [0, 0.05) is 12.4 Å². The SMILES string of the molecule is CNC(Cc1ccc(Cl)c(F)c1)c1ncc[nH]1. The normalized spacial score (nSPS) is 12.6. The largest absolute Gasteiger partial charge is 0.347 e. The molecule has 0 amide bonds. The molecule has 0 saturated heterocycles. The summed E-state index contributed by atoms with van der Waals surface area (Å²) in [5.74, 6) is 0.446. The number of aromatic nitrogens is 2. The Morgan fingerprint density at radius 3 is 2.94 bits per heavy atom. The molecule has 90 valence electrons. The van der Waals surface area contributed by atoms with Gasteiger partial charge in [-0.3, -0.25) is 0 Å². The van der Waals surface area contributed by atoms with Crippen LogP contribution >= 0.6 is 11.6 Å². The van der Waals surface area contributed by atoms with Gasteiger partial charge < -0.3 is 10.3 Å². The van der Waals surface area contributed by atoms with Gasteiger partial charge in [0.1, 0.15) is 11.6 Å². The monoisotopic (exact) mass is 253 g/mol. The topological polar surface area (TPSA) is 40.7 Å². The van der Waals surface area contributed by atoms with E-state index in [1.807, 2.05) is 13.1 Å². The first kappa shape index (κ1) is 12.1. The Hall–Kier alpha value is -1.39. The predicted molar refractivity (Wildman–Crippen MR) is 65.5 cm³/mol. The van der Waals surface area contributed by atoms with E-state index in [2.05, 4.69) is 15.3 Å². The highest BCUT2D eigenvalue weighted by Gasteiger charge is 2.13. The van der Waals surface area contributed by atoms with Gasteiger partial charge >= 0.3 is 0 Å². The molecule has 0 aliphatic rings. The summed E-state index contributed by atoms with van der Waals surface area (Å²) in [4.78, 5) is 7.23. The number of imidazole rings is 1. The third kappa shape index (κ3) is 2.84. The van der Waals surface area contributed by atoms with E-state index in [-0.39, 0.29) is 11.1 Å². The molecule has 1 heterocycles. The number of halogens is 2. The van der Waals surface area contributed by atoms with E-state index in [1.165, 1.54) is 6.07 Å². The quantitative estimate of drug-likeness (QED) is 0.880. The summed E-state index contributed by atoms with van der Waals surface area (Å²) in [6, 6.07) is 4.88. The van der Waals surface area contributed by atoms with Gasteiger partial charge in [-0.05, 0) is 31.2 Å². The van der Waals surface area contributed by atoms with Crippen molar-refractivity contribution in [3.05, 3.63) is 52.8 Å². The van der Waals surface area contributed by atoms with Crippen LogP contribution in [-0.2, 0) is 6.42 Å². The summed E-state index contributed by atoms with van der Waals surface area (Å²) in [6.45, 7) is 0. The lowest BCUT2D eigenvalue weighted by Gasteiger charge is -2.13. The molecule has 0 saturated carbocycles. The number of hydrogen-bond acceptors (Lipinski definition) is 2. The number of aromatic amines is 1. The van der Waals surface area contributed by atoms with Crippen LogP contribution in [0.3, 0.4) is 0 Å². The van der Waals surface area contributed by atoms with Crippen LogP contribution in [0.2, 0.25) is 5.02 Å². The van der Waals surface area contributed by atoms with E-state index in [0.717, 1.165) is 11.4 Å². The Kier molecular flexibility index (Phi) is 3.76. The summed E-state index contributed by atoms with van der Waals surface area (Å²) < 4.78 is 13.3. The van der Waals surface area contributed by atoms with Gasteiger partial charge in [0.25, 0.3) is 0 Å². The second-order valence-corrected chi connectivity index (χ2v) is 4.18. The molecule has 1 aromatic carbocycles. The molecule has 0 aliphatic heterocycles. The van der Waals surface area contributed by atoms with Crippen molar-refractivity contribution in [2.75, 3.05) is 7.05 Å². The van der Waals surface area contributed by atoms with E-state index >= 15 is 0 Å². The molecule has 1 aromatic heterocycles. The zero-order valence-corrected chi connectivity index (χ0v) is 10.1. The summed E-state index contributed by atoms with van der Waals surface area (Å²) >= 11 is 5.64. The van der Waals surface area contributed by atoms with Crippen molar-refractivity contribution in [1.82, 2.24) is 15.3 Å². The van der Waals surface area contributed by atoms with E-state index in [0.29, 0.717) is 6.42 Å². The van der Waals surface area contributed by atoms with Gasteiger partial charge in [-0.25, -0.2) is 9.37 Å². The summed E-state index contributed by atoms with van der Waals surface area (Å²) in [5, 5.41) is 3.28. The second-order valence-electron chi connectivity index (χ2n) is 3.77. The maximum atomic E-state index is 13.3. The van der Waals surface area contributed by atoms with Crippen molar-refractivity contribution in [1.29, 1.82) is 0 Å². The minimum Gasteiger partial charge on any atom is -0.347 e. The van der Waals surface area contributed by atoms with Crippen LogP contribution < -0.4 is 5.32 Å². The Bertz CT molecular complexity index is 485. The van der Waals surface area contributed by atoms with E-state index in [4.69, 9.17) is 11.6 Å². The van der Waals surface area contributed by atoms with Crippen molar-refractivity contribution in [3.63, 3.8) is 0 Å². The van der Waals surface area contributed by atoms with Crippen molar-refractivity contribution in [2.24, 2.45) is 0 Å². The highest BCUT2D eigenvalue weighted by Crippen LogP contribution is 2.19. The second kappa shape index (κ2) is 5.29. The fourth-order valence-electron chi connectivity index (χ4n) is 1.71. The van der Waals surface area contributed by atoms with Crippen molar-refractivity contribution in [2.45, 2.75) is 12.5 Å². The average molecular weight is 254 g/mol. The molecule has 2 aromatic rings. The van der Waals surface area contributed by atoms with Crippen molar-refractivity contribution < 1.29 is 4.39 Å². The molecule has 0 fully saturated rings. The Balaban J connectivity index is 2.16. The van der Waals surface area contributed by atoms with Gasteiger partial charge in [-0.2, -0.15) is 0 Å². The molecule has 1 atom stereocenters. The van der Waals surface area contributed by atoms with Crippen LogP contribution in [0, 0.1) is 5.82 Å². The lowest BCUT2D eigenvalue weighted by atomic mass is 10.1. The maximum Gasteiger partial charge on any atom is 0.142 e. The summed E-state index contributed by atoms with van der Waals surface area (Å²) in [5.41, 5.74) is 0.877. The smallest absolute Gasteiger partial charge is 0.142 e. The number of nitrogens with one attached hydrogen (secondary N) is 2. The fraction of sp³-hybridized carbons (Fsp3) is 0.250. The predicted octanol–water partition coefficient (Wildman–Crippen LogP) is 2.71. The Morgan fingerprint density at radius 2 is 2.35 bits per heavy atom. The van der Waals surface area contributed by atoms with Gasteiger partial charge in [0.2, 0.25) is 0 Å². The van der Waals surface area contributed by atoms with Crippen LogP contribution in [0.4, 0.5) is 4.39 Å². The minimum atomic E-state index is -0.390. The molecular formula is C12H13ClFN3. The third-order valence-electron chi connectivity index (χ3n) is 2.62. The molecule has 0 spiro atoms. The van der Waals surface area contributed by atoms with Crippen LogP contribution in [0.15, 0.2) is 30.6 Å². The third-order valence-corrected chi connectivity index (χ3v) is 2.93. The number of benzene rings is 1. The van der Waals surface area contributed by atoms with Gasteiger partial charge in [-0.1, -0.05) is 17.7 Å². The van der Waals surface area contributed by atoms with Crippen LogP contribution in [0.1, 0.15) is 17.4 Å². The number of hydrogen-bond donors (Lipinski definition) is 2. The molecule has 0 bridgehead atoms. The lowest BCUT2D eigenvalue weighted by Crippen LogP contribution is -2.20. The number of nitrogens with zero attached hydrogens (tertiary/aromatic N) is 1. The molecule has 0 radical (unpaired) electrons. The molecule has 17 heavy (non-hydrogen) atoms.